The number of nitrogens with one attached hydrogen (secondary N) is 1. The van der Waals surface area contributed by atoms with Crippen molar-refractivity contribution in [2.75, 3.05) is 13.8 Å². The van der Waals surface area contributed by atoms with Crippen molar-refractivity contribution < 1.29 is 9.53 Å². The minimum atomic E-state index is -0.201. The van der Waals surface area contributed by atoms with E-state index in [4.69, 9.17) is 0 Å². The number of methoxy groups -OCH3 is 1. The fraction of sp³-hybridized carbons (Fsp3) is 0.333. The van der Waals surface area contributed by atoms with Crippen molar-refractivity contribution in [3.8, 4) is 0 Å². The number of ether oxygens (including phenoxy) is 1. The highest BCUT2D eigenvalue weighted by molar-refractivity contribution is 7.07. The molecular weight excluding hydrogens is 164 g/mol. The molecule has 0 aliphatic heterocycles. The first-order valence-electron chi connectivity index (χ1n) is 3.00. The zero-order chi connectivity index (χ0) is 8.10. The van der Waals surface area contributed by atoms with Crippen molar-refractivity contribution in [2.45, 2.75) is 0 Å². The summed E-state index contributed by atoms with van der Waals surface area (Å²) in [5.41, 5.74) is 2.05. The van der Waals surface area contributed by atoms with E-state index in [0.717, 1.165) is 0 Å². The van der Waals surface area contributed by atoms with Crippen LogP contribution in [-0.4, -0.2) is 24.7 Å². The second-order valence-electron chi connectivity index (χ2n) is 1.81. The van der Waals surface area contributed by atoms with Gasteiger partial charge in [-0.05, 0) is 0 Å². The molecule has 11 heavy (non-hydrogen) atoms. The number of hydrogen-bond donors (Lipinski definition) is 1. The first-order valence-corrected chi connectivity index (χ1v) is 3.94. The highest BCUT2D eigenvalue weighted by Gasteiger charge is 2.04. The van der Waals surface area contributed by atoms with E-state index in [1.807, 2.05) is 0 Å². The van der Waals surface area contributed by atoms with Crippen molar-refractivity contribution >= 4 is 17.2 Å². The van der Waals surface area contributed by atoms with E-state index in [0.29, 0.717) is 5.69 Å². The summed E-state index contributed by atoms with van der Waals surface area (Å²) in [4.78, 5) is 14.8. The van der Waals surface area contributed by atoms with E-state index in [1.165, 1.54) is 18.4 Å². The van der Waals surface area contributed by atoms with E-state index in [-0.39, 0.29) is 12.6 Å². The molecule has 0 aliphatic rings. The molecule has 60 valence electrons. The van der Waals surface area contributed by atoms with Crippen LogP contribution in [0.5, 0.6) is 0 Å². The third-order valence-electron chi connectivity index (χ3n) is 1.04. The Kier molecular flexibility index (Phi) is 3.00. The van der Waals surface area contributed by atoms with Gasteiger partial charge in [0.25, 0.3) is 5.91 Å². The maximum atomic E-state index is 11.0. The van der Waals surface area contributed by atoms with Crippen LogP contribution in [0.1, 0.15) is 10.5 Å². The van der Waals surface area contributed by atoms with Crippen molar-refractivity contribution in [3.63, 3.8) is 0 Å². The summed E-state index contributed by atoms with van der Waals surface area (Å²) in [6.45, 7) is 0.219. The molecule has 0 aromatic carbocycles. The summed E-state index contributed by atoms with van der Waals surface area (Å²) in [6.07, 6.45) is 0. The van der Waals surface area contributed by atoms with Gasteiger partial charge in [-0.1, -0.05) is 0 Å². The number of carbonyl (C=O) groups excluding carboxylic acids is 1. The minimum absolute atomic E-state index is 0.201. The number of rotatable bonds is 3. The van der Waals surface area contributed by atoms with Crippen molar-refractivity contribution in [1.82, 2.24) is 10.3 Å². The van der Waals surface area contributed by atoms with Crippen LogP contribution in [0.3, 0.4) is 0 Å². The van der Waals surface area contributed by atoms with Gasteiger partial charge < -0.3 is 10.1 Å². The summed E-state index contributed by atoms with van der Waals surface area (Å²) in [5, 5.41) is 4.20. The average molecular weight is 172 g/mol. The van der Waals surface area contributed by atoms with Crippen molar-refractivity contribution in [3.05, 3.63) is 16.6 Å². The number of carbonyl (C=O) groups is 1. The Balaban J connectivity index is 2.43. The van der Waals surface area contributed by atoms with E-state index in [1.54, 1.807) is 10.9 Å². The summed E-state index contributed by atoms with van der Waals surface area (Å²) < 4.78 is 4.65. The highest BCUT2D eigenvalue weighted by Crippen LogP contribution is 1.99. The molecule has 1 heterocycles. The molecule has 0 saturated carbocycles. The van der Waals surface area contributed by atoms with Crippen molar-refractivity contribution in [1.29, 1.82) is 0 Å². The number of amides is 1. The second-order valence-corrected chi connectivity index (χ2v) is 2.53. The Bertz CT molecular complexity index is 222. The number of hydrogen-bond acceptors (Lipinski definition) is 4. The van der Waals surface area contributed by atoms with Crippen LogP contribution in [0, 0.1) is 0 Å². The third-order valence-corrected chi connectivity index (χ3v) is 1.63. The van der Waals surface area contributed by atoms with E-state index in [2.05, 4.69) is 15.0 Å². The van der Waals surface area contributed by atoms with Crippen LogP contribution in [-0.2, 0) is 4.74 Å². The smallest absolute Gasteiger partial charge is 0.272 e. The molecule has 0 aliphatic carbocycles. The predicted molar refractivity (Wildman–Crippen MR) is 41.5 cm³/mol. The molecule has 1 amide bonds. The Hall–Kier alpha value is -0.940. The molecule has 1 rings (SSSR count). The third kappa shape index (κ3) is 2.28. The topological polar surface area (TPSA) is 51.2 Å². The van der Waals surface area contributed by atoms with Gasteiger partial charge in [-0.2, -0.15) is 0 Å². The quantitative estimate of drug-likeness (QED) is 0.674. The van der Waals surface area contributed by atoms with Gasteiger partial charge in [0.2, 0.25) is 0 Å². The molecule has 4 nitrogen and oxygen atoms in total. The fourth-order valence-electron chi connectivity index (χ4n) is 0.553. The molecule has 0 radical (unpaired) electrons. The highest BCUT2D eigenvalue weighted by atomic mass is 32.1. The zero-order valence-corrected chi connectivity index (χ0v) is 6.85. The summed E-state index contributed by atoms with van der Waals surface area (Å²) in [5.74, 6) is -0.201. The van der Waals surface area contributed by atoms with Gasteiger partial charge >= 0.3 is 0 Å². The fourth-order valence-corrected chi connectivity index (χ4v) is 1.09. The predicted octanol–water partition coefficient (Wildman–Crippen LogP) is 0.477. The molecule has 0 fully saturated rings. The van der Waals surface area contributed by atoms with Gasteiger partial charge in [0.05, 0.1) is 5.51 Å². The zero-order valence-electron chi connectivity index (χ0n) is 6.03. The molecule has 1 aromatic heterocycles. The lowest BCUT2D eigenvalue weighted by molar-refractivity contribution is 0.0868. The molecule has 1 N–H and O–H groups in total. The standard InChI is InChI=1S/C6H8N2O2S/c1-10-3-7-6(9)5-2-11-4-8-5/h2,4H,3H2,1H3,(H,7,9). The van der Waals surface area contributed by atoms with Crippen LogP contribution in [0.15, 0.2) is 10.9 Å². The normalized spacial score (nSPS) is 9.55. The maximum Gasteiger partial charge on any atom is 0.272 e. The molecule has 0 spiro atoms. The molecule has 0 unspecified atom stereocenters. The monoisotopic (exact) mass is 172 g/mol. The number of thiazole rings is 1. The molecule has 0 saturated heterocycles. The Morgan fingerprint density at radius 1 is 1.91 bits per heavy atom. The lowest BCUT2D eigenvalue weighted by Crippen LogP contribution is -2.25. The summed E-state index contributed by atoms with van der Waals surface area (Å²) in [7, 11) is 1.52. The molecule has 1 aromatic rings. The van der Waals surface area contributed by atoms with Crippen LogP contribution in [0.25, 0.3) is 0 Å². The summed E-state index contributed by atoms with van der Waals surface area (Å²) in [6, 6.07) is 0. The first kappa shape index (κ1) is 8.16. The van der Waals surface area contributed by atoms with Gasteiger partial charge in [-0.15, -0.1) is 11.3 Å². The first-order chi connectivity index (χ1) is 5.34. The van der Waals surface area contributed by atoms with E-state index in [9.17, 15) is 4.79 Å². The molecular formula is C6H8N2O2S. The van der Waals surface area contributed by atoms with Gasteiger partial charge in [0.15, 0.2) is 0 Å². The SMILES string of the molecule is COCNC(=O)c1cscn1. The van der Waals surface area contributed by atoms with Crippen LogP contribution in [0.4, 0.5) is 0 Å². The lowest BCUT2D eigenvalue weighted by atomic mass is 10.5. The average Bonchev–Trinajstić information content (AvgIpc) is 2.52. The second kappa shape index (κ2) is 4.05. The Morgan fingerprint density at radius 3 is 3.27 bits per heavy atom. The Labute approximate surface area is 68.2 Å². The molecule has 0 bridgehead atoms. The number of nitrogens with zero attached hydrogens (tertiary/aromatic N) is 1. The van der Waals surface area contributed by atoms with Crippen molar-refractivity contribution in [2.24, 2.45) is 0 Å². The number of aromatic nitrogens is 1. The van der Waals surface area contributed by atoms with Gasteiger partial charge in [-0.25, -0.2) is 4.98 Å². The lowest BCUT2D eigenvalue weighted by Gasteiger charge is -1.98. The van der Waals surface area contributed by atoms with Gasteiger partial charge in [0.1, 0.15) is 12.4 Å². The van der Waals surface area contributed by atoms with E-state index >= 15 is 0 Å². The minimum Gasteiger partial charge on any atom is -0.364 e. The van der Waals surface area contributed by atoms with Crippen LogP contribution in [0.2, 0.25) is 0 Å². The largest absolute Gasteiger partial charge is 0.364 e. The van der Waals surface area contributed by atoms with E-state index < -0.39 is 0 Å². The van der Waals surface area contributed by atoms with Gasteiger partial charge in [-0.3, -0.25) is 4.79 Å². The van der Waals surface area contributed by atoms with Crippen LogP contribution < -0.4 is 5.32 Å². The maximum absolute atomic E-state index is 11.0. The summed E-state index contributed by atoms with van der Waals surface area (Å²) >= 11 is 1.39. The molecule has 0 atom stereocenters. The Morgan fingerprint density at radius 2 is 2.73 bits per heavy atom. The van der Waals surface area contributed by atoms with Gasteiger partial charge in [0, 0.05) is 12.5 Å². The van der Waals surface area contributed by atoms with Crippen LogP contribution >= 0.6 is 11.3 Å². The molecule has 5 heteroatoms.